The lowest BCUT2D eigenvalue weighted by molar-refractivity contribution is -0.390. The highest BCUT2D eigenvalue weighted by Gasteiger charge is 2.22. The monoisotopic (exact) mass is 235 g/mol. The number of aliphatic hydroxyl groups excluding tert-OH is 1. The van der Waals surface area contributed by atoms with E-state index in [0.717, 1.165) is 0 Å². The van der Waals surface area contributed by atoms with Gasteiger partial charge < -0.3 is 15.2 Å². The first-order valence-corrected chi connectivity index (χ1v) is 3.83. The summed E-state index contributed by atoms with van der Waals surface area (Å²) in [6.07, 6.45) is 0. The summed E-state index contributed by atoms with van der Waals surface area (Å²) in [5.74, 6) is -0.0184. The molecule has 1 heterocycles. The van der Waals surface area contributed by atoms with Gasteiger partial charge in [-0.1, -0.05) is 0 Å². The Bertz CT molecular complexity index is 322. The molecule has 0 aliphatic rings. The summed E-state index contributed by atoms with van der Waals surface area (Å²) >= 11 is 2.99. The Hall–Kier alpha value is -0.950. The third kappa shape index (κ3) is 1.32. The minimum atomic E-state index is -0.608. The van der Waals surface area contributed by atoms with Crippen LogP contribution in [0.2, 0.25) is 0 Å². The lowest BCUT2D eigenvalue weighted by Gasteiger charge is -1.92. The van der Waals surface area contributed by atoms with Crippen molar-refractivity contribution in [3.63, 3.8) is 0 Å². The second kappa shape index (κ2) is 3.20. The second-order valence-corrected chi connectivity index (χ2v) is 2.87. The molecule has 0 fully saturated rings. The number of hydrogen-bond acceptors (Lipinski definition) is 4. The SMILES string of the molecule is Cn1c(CO)nc([N+](=O)[O-])c1Br. The van der Waals surface area contributed by atoms with Crippen molar-refractivity contribution in [2.24, 2.45) is 7.05 Å². The maximum absolute atomic E-state index is 10.3. The van der Waals surface area contributed by atoms with Crippen LogP contribution in [-0.4, -0.2) is 19.6 Å². The first kappa shape index (κ1) is 9.14. The topological polar surface area (TPSA) is 81.2 Å². The minimum Gasteiger partial charge on any atom is -0.386 e. The molecule has 0 saturated carbocycles. The molecule has 1 aromatic rings. The summed E-state index contributed by atoms with van der Waals surface area (Å²) in [7, 11) is 1.58. The van der Waals surface area contributed by atoms with Gasteiger partial charge in [-0.15, -0.1) is 0 Å². The number of hydrogen-bond donors (Lipinski definition) is 1. The van der Waals surface area contributed by atoms with Crippen LogP contribution >= 0.6 is 15.9 Å². The molecule has 0 radical (unpaired) electrons. The van der Waals surface area contributed by atoms with Gasteiger partial charge in [-0.05, 0) is 25.8 Å². The van der Waals surface area contributed by atoms with Gasteiger partial charge in [-0.25, -0.2) is 0 Å². The van der Waals surface area contributed by atoms with Crippen molar-refractivity contribution >= 4 is 21.7 Å². The van der Waals surface area contributed by atoms with Gasteiger partial charge in [0.1, 0.15) is 6.61 Å². The van der Waals surface area contributed by atoms with E-state index in [-0.39, 0.29) is 22.9 Å². The zero-order valence-electron chi connectivity index (χ0n) is 6.19. The Kier molecular flexibility index (Phi) is 2.43. The van der Waals surface area contributed by atoms with Crippen LogP contribution < -0.4 is 0 Å². The lowest BCUT2D eigenvalue weighted by Crippen LogP contribution is -1.96. The van der Waals surface area contributed by atoms with E-state index in [0.29, 0.717) is 0 Å². The van der Waals surface area contributed by atoms with Gasteiger partial charge in [-0.2, -0.15) is 0 Å². The molecular weight excluding hydrogens is 230 g/mol. The average Bonchev–Trinajstić information content (AvgIpc) is 2.30. The summed E-state index contributed by atoms with van der Waals surface area (Å²) < 4.78 is 1.68. The predicted octanol–water partition coefficient (Wildman–Crippen LogP) is 0.583. The molecular formula is C5H6BrN3O3. The van der Waals surface area contributed by atoms with Crippen LogP contribution in [-0.2, 0) is 13.7 Å². The van der Waals surface area contributed by atoms with Crippen molar-refractivity contribution in [2.75, 3.05) is 0 Å². The maximum Gasteiger partial charge on any atom is 0.396 e. The van der Waals surface area contributed by atoms with Crippen LogP contribution in [0, 0.1) is 10.1 Å². The van der Waals surface area contributed by atoms with Gasteiger partial charge in [0.15, 0.2) is 4.60 Å². The Morgan fingerprint density at radius 2 is 2.42 bits per heavy atom. The van der Waals surface area contributed by atoms with Crippen molar-refractivity contribution < 1.29 is 10.0 Å². The normalized spacial score (nSPS) is 10.2. The molecule has 0 atom stereocenters. The van der Waals surface area contributed by atoms with Crippen LogP contribution in [0.3, 0.4) is 0 Å². The van der Waals surface area contributed by atoms with E-state index in [1.54, 1.807) is 7.05 Å². The molecule has 12 heavy (non-hydrogen) atoms. The number of nitrogens with zero attached hydrogens (tertiary/aromatic N) is 3. The third-order valence-electron chi connectivity index (χ3n) is 1.42. The van der Waals surface area contributed by atoms with E-state index in [9.17, 15) is 10.1 Å². The highest BCUT2D eigenvalue weighted by atomic mass is 79.9. The summed E-state index contributed by atoms with van der Waals surface area (Å²) in [5, 5.41) is 19.0. The molecule has 1 rings (SSSR count). The zero-order chi connectivity index (χ0) is 9.30. The Labute approximate surface area is 76.1 Å². The van der Waals surface area contributed by atoms with Crippen molar-refractivity contribution in [1.29, 1.82) is 0 Å². The molecule has 0 bridgehead atoms. The molecule has 7 heteroatoms. The van der Waals surface area contributed by atoms with Crippen LogP contribution in [0.4, 0.5) is 5.82 Å². The number of aromatic nitrogens is 2. The molecule has 6 nitrogen and oxygen atoms in total. The highest BCUT2D eigenvalue weighted by molar-refractivity contribution is 9.10. The molecule has 0 unspecified atom stereocenters. The quantitative estimate of drug-likeness (QED) is 0.601. The van der Waals surface area contributed by atoms with E-state index in [4.69, 9.17) is 5.11 Å². The lowest BCUT2D eigenvalue weighted by atomic mass is 10.6. The molecule has 1 N–H and O–H groups in total. The number of imidazole rings is 1. The van der Waals surface area contributed by atoms with E-state index < -0.39 is 4.92 Å². The number of halogens is 1. The van der Waals surface area contributed by atoms with Gasteiger partial charge in [0.25, 0.3) is 0 Å². The smallest absolute Gasteiger partial charge is 0.386 e. The molecule has 66 valence electrons. The standard InChI is InChI=1S/C5H6BrN3O3/c1-8-3(2-10)7-5(4(8)6)9(11)12/h10H,2H2,1H3. The fourth-order valence-electron chi connectivity index (χ4n) is 0.764. The fraction of sp³-hybridized carbons (Fsp3) is 0.400. The van der Waals surface area contributed by atoms with Crippen molar-refractivity contribution in [3.8, 4) is 0 Å². The zero-order valence-corrected chi connectivity index (χ0v) is 7.78. The van der Waals surface area contributed by atoms with Crippen molar-refractivity contribution in [3.05, 3.63) is 20.5 Å². The number of aliphatic hydroxyl groups is 1. The van der Waals surface area contributed by atoms with Gasteiger partial charge in [-0.3, -0.25) is 4.57 Å². The summed E-state index contributed by atoms with van der Waals surface area (Å²) in [6, 6.07) is 0. The molecule has 0 saturated heterocycles. The van der Waals surface area contributed by atoms with Crippen LogP contribution in [0.15, 0.2) is 4.60 Å². The van der Waals surface area contributed by atoms with Crippen LogP contribution in [0.25, 0.3) is 0 Å². The first-order valence-electron chi connectivity index (χ1n) is 3.04. The largest absolute Gasteiger partial charge is 0.396 e. The van der Waals surface area contributed by atoms with Gasteiger partial charge >= 0.3 is 5.82 Å². The Balaban J connectivity index is 3.25. The molecule has 1 aromatic heterocycles. The van der Waals surface area contributed by atoms with Crippen molar-refractivity contribution in [1.82, 2.24) is 9.55 Å². The molecule has 0 aliphatic heterocycles. The maximum atomic E-state index is 10.3. The number of nitro groups is 1. The van der Waals surface area contributed by atoms with Gasteiger partial charge in [0.05, 0.1) is 0 Å². The second-order valence-electron chi connectivity index (χ2n) is 2.12. The summed E-state index contributed by atoms with van der Waals surface area (Å²) in [6.45, 7) is -0.317. The van der Waals surface area contributed by atoms with Gasteiger partial charge in [0, 0.05) is 7.05 Å². The molecule has 0 aliphatic carbocycles. The fourth-order valence-corrected chi connectivity index (χ4v) is 1.20. The Morgan fingerprint density at radius 3 is 2.67 bits per heavy atom. The van der Waals surface area contributed by atoms with E-state index in [1.807, 2.05) is 0 Å². The van der Waals surface area contributed by atoms with E-state index in [1.165, 1.54) is 4.57 Å². The molecule has 0 amide bonds. The van der Waals surface area contributed by atoms with Crippen molar-refractivity contribution in [2.45, 2.75) is 6.61 Å². The van der Waals surface area contributed by atoms with E-state index in [2.05, 4.69) is 20.9 Å². The number of rotatable bonds is 2. The van der Waals surface area contributed by atoms with Crippen LogP contribution in [0.1, 0.15) is 5.82 Å². The average molecular weight is 236 g/mol. The molecule has 0 aromatic carbocycles. The van der Waals surface area contributed by atoms with Gasteiger partial charge in [0.2, 0.25) is 5.82 Å². The Morgan fingerprint density at radius 1 is 1.83 bits per heavy atom. The first-order chi connectivity index (χ1) is 5.57. The third-order valence-corrected chi connectivity index (χ3v) is 2.30. The predicted molar refractivity (Wildman–Crippen MR) is 43.5 cm³/mol. The van der Waals surface area contributed by atoms with E-state index >= 15 is 0 Å². The summed E-state index contributed by atoms with van der Waals surface area (Å²) in [5.41, 5.74) is 0. The molecule has 0 spiro atoms. The summed E-state index contributed by atoms with van der Waals surface area (Å²) in [4.78, 5) is 13.3. The minimum absolute atomic E-state index is 0.258. The highest BCUT2D eigenvalue weighted by Crippen LogP contribution is 2.23. The van der Waals surface area contributed by atoms with Crippen LogP contribution in [0.5, 0.6) is 0 Å².